The summed E-state index contributed by atoms with van der Waals surface area (Å²) >= 11 is 0. The Hall–Kier alpha value is -2.76. The number of anilines is 2. The minimum absolute atomic E-state index is 0.111. The number of carbonyl (C=O) groups excluding carboxylic acids is 2. The summed E-state index contributed by atoms with van der Waals surface area (Å²) < 4.78 is 82.4. The number of halogens is 6. The number of methoxy groups -OCH3 is 1. The Labute approximate surface area is 141 Å². The first kappa shape index (κ1) is 19.6. The Morgan fingerprint density at radius 1 is 1.12 bits per heavy atom. The third kappa shape index (κ3) is 3.31. The predicted molar refractivity (Wildman–Crippen MR) is 75.2 cm³/mol. The number of Topliss-reactive ketones (excluding diaryl/α,β-unsaturated/α-hetero) is 1. The molecule has 1 atom stereocenters. The van der Waals surface area contributed by atoms with Crippen LogP contribution in [0.1, 0.15) is 10.4 Å². The minimum atomic E-state index is -5.70. The van der Waals surface area contributed by atoms with Crippen LogP contribution in [0.15, 0.2) is 30.0 Å². The van der Waals surface area contributed by atoms with Gasteiger partial charge in [0.1, 0.15) is 0 Å². The van der Waals surface area contributed by atoms with E-state index in [9.17, 15) is 41.0 Å². The van der Waals surface area contributed by atoms with Crippen molar-refractivity contribution in [3.63, 3.8) is 0 Å². The zero-order valence-corrected chi connectivity index (χ0v) is 12.7. The number of esters is 1. The maximum absolute atomic E-state index is 13.3. The van der Waals surface area contributed by atoms with Gasteiger partial charge in [0.25, 0.3) is 11.5 Å². The van der Waals surface area contributed by atoms with E-state index in [-0.39, 0.29) is 17.5 Å². The van der Waals surface area contributed by atoms with Crippen LogP contribution in [0.5, 0.6) is 0 Å². The molecule has 1 aromatic rings. The average Bonchev–Trinajstić information content (AvgIpc) is 2.67. The molecule has 0 bridgehead atoms. The predicted octanol–water partition coefficient (Wildman–Crippen LogP) is 2.58. The molecular formula is C14H10F6N2O4. The summed E-state index contributed by atoms with van der Waals surface area (Å²) in [6.07, 6.45) is -11.3. The van der Waals surface area contributed by atoms with Crippen LogP contribution < -0.4 is 10.6 Å². The van der Waals surface area contributed by atoms with Crippen molar-refractivity contribution in [2.75, 3.05) is 17.7 Å². The molecule has 1 unspecified atom stereocenters. The van der Waals surface area contributed by atoms with E-state index in [0.717, 1.165) is 25.3 Å². The first-order valence-electron chi connectivity index (χ1n) is 6.69. The Balaban J connectivity index is 2.61. The zero-order valence-electron chi connectivity index (χ0n) is 12.7. The number of ether oxygens (including phenoxy) is 1. The first-order chi connectivity index (χ1) is 11.8. The highest BCUT2D eigenvalue weighted by molar-refractivity contribution is 6.03. The molecule has 0 saturated heterocycles. The summed E-state index contributed by atoms with van der Waals surface area (Å²) in [6.45, 7) is 0. The van der Waals surface area contributed by atoms with Crippen molar-refractivity contribution >= 4 is 23.1 Å². The third-order valence-electron chi connectivity index (χ3n) is 3.43. The summed E-state index contributed by atoms with van der Waals surface area (Å²) in [5.41, 5.74) is -7.39. The molecule has 1 aromatic carbocycles. The van der Waals surface area contributed by atoms with Crippen molar-refractivity contribution in [1.29, 1.82) is 0 Å². The minimum Gasteiger partial charge on any atom is -0.465 e. The fourth-order valence-electron chi connectivity index (χ4n) is 2.14. The molecule has 142 valence electrons. The fraction of sp³-hybridized carbons (Fsp3) is 0.286. The van der Waals surface area contributed by atoms with Gasteiger partial charge in [0, 0.05) is 6.20 Å². The number of ketones is 1. The largest absolute Gasteiger partial charge is 0.465 e. The molecular weight excluding hydrogens is 374 g/mol. The van der Waals surface area contributed by atoms with Crippen LogP contribution in [0.2, 0.25) is 0 Å². The van der Waals surface area contributed by atoms with E-state index >= 15 is 0 Å². The van der Waals surface area contributed by atoms with Crippen molar-refractivity contribution in [1.82, 2.24) is 0 Å². The molecule has 0 saturated carbocycles. The Morgan fingerprint density at radius 2 is 1.73 bits per heavy atom. The number of fused-ring (bicyclic) bond motifs is 1. The molecule has 0 fully saturated rings. The number of rotatable bonds is 2. The number of nitrogens with one attached hydrogen (secondary N) is 2. The SMILES string of the molecule is COC(=O)c1ccc2c(c1)NC(O)(C(F)(F)F)C(C(=O)C(F)(F)F)=CN2. The maximum Gasteiger partial charge on any atom is 0.454 e. The molecule has 0 aromatic heterocycles. The van der Waals surface area contributed by atoms with Gasteiger partial charge >= 0.3 is 18.3 Å². The van der Waals surface area contributed by atoms with E-state index in [0.29, 0.717) is 0 Å². The van der Waals surface area contributed by atoms with Gasteiger partial charge in [-0.25, -0.2) is 4.79 Å². The quantitative estimate of drug-likeness (QED) is 0.537. The highest BCUT2D eigenvalue weighted by atomic mass is 19.4. The molecule has 0 spiro atoms. The van der Waals surface area contributed by atoms with E-state index in [1.807, 2.05) is 0 Å². The second kappa shape index (κ2) is 6.20. The van der Waals surface area contributed by atoms with Crippen LogP contribution in [0.25, 0.3) is 0 Å². The number of carbonyl (C=O) groups is 2. The normalized spacial score (nSPS) is 20.1. The average molecular weight is 384 g/mol. The van der Waals surface area contributed by atoms with Crippen molar-refractivity contribution in [2.45, 2.75) is 18.1 Å². The summed E-state index contributed by atoms with van der Waals surface area (Å²) in [7, 11) is 1.01. The third-order valence-corrected chi connectivity index (χ3v) is 3.43. The molecule has 2 rings (SSSR count). The van der Waals surface area contributed by atoms with Crippen LogP contribution in [0.4, 0.5) is 37.7 Å². The molecule has 6 nitrogen and oxygen atoms in total. The smallest absolute Gasteiger partial charge is 0.454 e. The van der Waals surface area contributed by atoms with Crippen molar-refractivity contribution in [3.05, 3.63) is 35.5 Å². The number of hydrogen-bond acceptors (Lipinski definition) is 6. The van der Waals surface area contributed by atoms with E-state index in [4.69, 9.17) is 0 Å². The van der Waals surface area contributed by atoms with Crippen LogP contribution in [-0.4, -0.2) is 42.0 Å². The van der Waals surface area contributed by atoms with Gasteiger partial charge in [-0.05, 0) is 18.2 Å². The Bertz CT molecular complexity index is 787. The molecule has 0 aliphatic carbocycles. The van der Waals surface area contributed by atoms with E-state index in [1.54, 1.807) is 0 Å². The van der Waals surface area contributed by atoms with Crippen LogP contribution in [-0.2, 0) is 9.53 Å². The second-order valence-corrected chi connectivity index (χ2v) is 5.11. The lowest BCUT2D eigenvalue weighted by molar-refractivity contribution is -0.235. The first-order valence-corrected chi connectivity index (χ1v) is 6.69. The lowest BCUT2D eigenvalue weighted by Crippen LogP contribution is -2.56. The monoisotopic (exact) mass is 384 g/mol. The van der Waals surface area contributed by atoms with Crippen molar-refractivity contribution in [2.24, 2.45) is 0 Å². The van der Waals surface area contributed by atoms with Crippen molar-refractivity contribution in [3.8, 4) is 0 Å². The lowest BCUT2D eigenvalue weighted by atomic mass is 9.98. The molecule has 12 heteroatoms. The summed E-state index contributed by atoms with van der Waals surface area (Å²) in [4.78, 5) is 22.9. The van der Waals surface area contributed by atoms with Crippen LogP contribution in [0, 0.1) is 0 Å². The van der Waals surface area contributed by atoms with E-state index in [1.165, 1.54) is 5.32 Å². The van der Waals surface area contributed by atoms with E-state index in [2.05, 4.69) is 10.1 Å². The summed E-state index contributed by atoms with van der Waals surface area (Å²) in [6, 6.07) is 3.00. The van der Waals surface area contributed by atoms with Gasteiger partial charge in [-0.15, -0.1) is 0 Å². The van der Waals surface area contributed by atoms with Crippen molar-refractivity contribution < 1.29 is 45.8 Å². The number of alkyl halides is 6. The molecule has 1 aliphatic heterocycles. The molecule has 26 heavy (non-hydrogen) atoms. The Morgan fingerprint density at radius 3 is 2.23 bits per heavy atom. The topological polar surface area (TPSA) is 87.7 Å². The van der Waals surface area contributed by atoms with Crippen LogP contribution in [0.3, 0.4) is 0 Å². The highest BCUT2D eigenvalue weighted by Crippen LogP contribution is 2.43. The maximum atomic E-state index is 13.3. The molecule has 1 heterocycles. The lowest BCUT2D eigenvalue weighted by Gasteiger charge is -2.32. The van der Waals surface area contributed by atoms with Gasteiger partial charge in [-0.1, -0.05) is 0 Å². The summed E-state index contributed by atoms with van der Waals surface area (Å²) in [5, 5.41) is 13.5. The molecule has 1 aliphatic rings. The standard InChI is InChI=1S/C14H10F6N2O4/c1-26-11(24)6-2-3-8-9(4-6)22-12(25,14(18,19)20)7(5-21-8)10(23)13(15,16)17/h2-5,21-22,25H,1H3. The zero-order chi connectivity index (χ0) is 19.9. The summed E-state index contributed by atoms with van der Waals surface area (Å²) in [5.74, 6) is -3.83. The van der Waals surface area contributed by atoms with Gasteiger partial charge < -0.3 is 20.5 Å². The molecule has 0 amide bonds. The van der Waals surface area contributed by atoms with E-state index < -0.39 is 41.1 Å². The van der Waals surface area contributed by atoms with Gasteiger partial charge in [0.15, 0.2) is 0 Å². The van der Waals surface area contributed by atoms with Crippen LogP contribution >= 0.6 is 0 Å². The molecule has 0 radical (unpaired) electrons. The number of benzene rings is 1. The fourth-order valence-corrected chi connectivity index (χ4v) is 2.14. The Kier molecular flexibility index (Phi) is 4.66. The number of hydrogen-bond donors (Lipinski definition) is 3. The molecule has 3 N–H and O–H groups in total. The number of aliphatic hydroxyl groups is 1. The second-order valence-electron chi connectivity index (χ2n) is 5.11. The van der Waals surface area contributed by atoms with Gasteiger partial charge in [-0.2, -0.15) is 26.3 Å². The van der Waals surface area contributed by atoms with Gasteiger partial charge in [-0.3, -0.25) is 4.79 Å². The van der Waals surface area contributed by atoms with Gasteiger partial charge in [0.2, 0.25) is 0 Å². The highest BCUT2D eigenvalue weighted by Gasteiger charge is 2.62. The van der Waals surface area contributed by atoms with Gasteiger partial charge in [0.05, 0.1) is 29.6 Å².